The first-order valence-electron chi connectivity index (χ1n) is 8.23. The van der Waals surface area contributed by atoms with Crippen molar-refractivity contribution in [2.75, 3.05) is 0 Å². The predicted octanol–water partition coefficient (Wildman–Crippen LogP) is 4.09. The molecule has 0 saturated heterocycles. The molecule has 10 heteroatoms. The van der Waals surface area contributed by atoms with Crippen molar-refractivity contribution in [1.29, 1.82) is 0 Å². The first-order chi connectivity index (χ1) is 11.8. The minimum Gasteiger partial charge on any atom is -0.446 e. The second kappa shape index (κ2) is 7.19. The molecule has 5 atom stereocenters. The molecule has 0 aromatic heterocycles. The van der Waals surface area contributed by atoms with Crippen molar-refractivity contribution in [1.82, 2.24) is 0 Å². The summed E-state index contributed by atoms with van der Waals surface area (Å²) in [5.41, 5.74) is -0.733. The molecule has 0 radical (unpaired) electrons. The van der Waals surface area contributed by atoms with Gasteiger partial charge in [0.05, 0.1) is 5.92 Å². The van der Waals surface area contributed by atoms with Gasteiger partial charge in [-0.3, -0.25) is 4.79 Å². The Bertz CT molecular complexity index is 542. The summed E-state index contributed by atoms with van der Waals surface area (Å²) in [5, 5.41) is 0. The Labute approximate surface area is 147 Å². The first-order valence-corrected chi connectivity index (χ1v) is 8.23. The van der Waals surface area contributed by atoms with E-state index in [1.165, 1.54) is 0 Å². The summed E-state index contributed by atoms with van der Waals surface area (Å²) in [6.45, 7) is 5.00. The number of ether oxygens (including phenoxy) is 3. The maximum Gasteiger partial charge on any atom is 0.509 e. The molecular formula is C16H21F5O5. The number of halogens is 5. The molecule has 0 spiro atoms. The van der Waals surface area contributed by atoms with Crippen LogP contribution in [0.3, 0.4) is 0 Å². The van der Waals surface area contributed by atoms with Crippen LogP contribution in [0.15, 0.2) is 0 Å². The van der Waals surface area contributed by atoms with Crippen LogP contribution < -0.4 is 0 Å². The average molecular weight is 388 g/mol. The van der Waals surface area contributed by atoms with Gasteiger partial charge >= 0.3 is 18.3 Å². The molecule has 0 N–H and O–H groups in total. The third-order valence-corrected chi connectivity index (χ3v) is 4.53. The van der Waals surface area contributed by atoms with E-state index in [-0.39, 0.29) is 24.7 Å². The van der Waals surface area contributed by atoms with E-state index < -0.39 is 48.5 Å². The van der Waals surface area contributed by atoms with Crippen molar-refractivity contribution in [3.8, 4) is 0 Å². The Morgan fingerprint density at radius 1 is 1.00 bits per heavy atom. The molecule has 2 fully saturated rings. The van der Waals surface area contributed by atoms with Gasteiger partial charge in [-0.1, -0.05) is 0 Å². The smallest absolute Gasteiger partial charge is 0.446 e. The van der Waals surface area contributed by atoms with Gasteiger partial charge in [0.2, 0.25) is 0 Å². The maximum absolute atomic E-state index is 12.5. The average Bonchev–Trinajstić information content (AvgIpc) is 3.00. The number of rotatable bonds is 4. The largest absolute Gasteiger partial charge is 0.509 e. The summed E-state index contributed by atoms with van der Waals surface area (Å²) in [5.74, 6) is -2.79. The molecule has 0 aliphatic heterocycles. The van der Waals surface area contributed by atoms with E-state index >= 15 is 0 Å². The van der Waals surface area contributed by atoms with Gasteiger partial charge in [-0.15, -0.1) is 0 Å². The van der Waals surface area contributed by atoms with Crippen molar-refractivity contribution in [3.63, 3.8) is 0 Å². The summed E-state index contributed by atoms with van der Waals surface area (Å²) in [6, 6.07) is 0. The third kappa shape index (κ3) is 4.97. The molecule has 0 heterocycles. The maximum atomic E-state index is 12.5. The van der Waals surface area contributed by atoms with E-state index in [0.29, 0.717) is 6.42 Å². The zero-order valence-corrected chi connectivity index (χ0v) is 14.5. The molecule has 0 amide bonds. The fourth-order valence-corrected chi connectivity index (χ4v) is 3.53. The fourth-order valence-electron chi connectivity index (χ4n) is 3.53. The zero-order chi connectivity index (χ0) is 19.9. The normalized spacial score (nSPS) is 29.6. The van der Waals surface area contributed by atoms with Crippen molar-refractivity contribution < 1.29 is 45.8 Å². The highest BCUT2D eigenvalue weighted by atomic mass is 19.4. The van der Waals surface area contributed by atoms with Gasteiger partial charge in [0, 0.05) is 0 Å². The highest BCUT2D eigenvalue weighted by Gasteiger charge is 2.54. The fraction of sp³-hybridized carbons (Fsp3) is 0.875. The van der Waals surface area contributed by atoms with Crippen LogP contribution in [-0.4, -0.2) is 42.5 Å². The van der Waals surface area contributed by atoms with Crippen LogP contribution in [0.2, 0.25) is 0 Å². The first kappa shape index (κ1) is 20.7. The lowest BCUT2D eigenvalue weighted by Gasteiger charge is -2.29. The highest BCUT2D eigenvalue weighted by molar-refractivity contribution is 5.74. The van der Waals surface area contributed by atoms with Crippen molar-refractivity contribution >= 4 is 12.1 Å². The van der Waals surface area contributed by atoms with Crippen molar-refractivity contribution in [2.24, 2.45) is 17.8 Å². The lowest BCUT2D eigenvalue weighted by atomic mass is 9.87. The molecule has 150 valence electrons. The van der Waals surface area contributed by atoms with Crippen LogP contribution in [0, 0.1) is 17.8 Å². The van der Waals surface area contributed by atoms with E-state index in [9.17, 15) is 31.5 Å². The third-order valence-electron chi connectivity index (χ3n) is 4.53. The van der Waals surface area contributed by atoms with Crippen LogP contribution in [0.5, 0.6) is 0 Å². The number of hydrogen-bond donors (Lipinski definition) is 0. The monoisotopic (exact) mass is 388 g/mol. The van der Waals surface area contributed by atoms with Gasteiger partial charge in [-0.2, -0.15) is 13.2 Å². The Kier molecular flexibility index (Phi) is 5.72. The number of alkyl halides is 5. The second-order valence-electron chi connectivity index (χ2n) is 7.69. The highest BCUT2D eigenvalue weighted by Crippen LogP contribution is 2.50. The van der Waals surface area contributed by atoms with Gasteiger partial charge < -0.3 is 14.2 Å². The molecular weight excluding hydrogens is 367 g/mol. The van der Waals surface area contributed by atoms with Gasteiger partial charge in [-0.05, 0) is 51.9 Å². The Balaban J connectivity index is 1.90. The Morgan fingerprint density at radius 2 is 1.62 bits per heavy atom. The molecule has 2 aliphatic carbocycles. The number of fused-ring (bicyclic) bond motifs is 2. The Hall–Kier alpha value is -1.61. The lowest BCUT2D eigenvalue weighted by molar-refractivity contribution is -0.251. The van der Waals surface area contributed by atoms with Crippen LogP contribution in [-0.2, 0) is 19.0 Å². The molecule has 5 unspecified atom stereocenters. The van der Waals surface area contributed by atoms with Crippen LogP contribution >= 0.6 is 0 Å². The molecule has 2 saturated carbocycles. The quantitative estimate of drug-likeness (QED) is 0.536. The summed E-state index contributed by atoms with van der Waals surface area (Å²) in [6.07, 6.45) is -13.1. The summed E-state index contributed by atoms with van der Waals surface area (Å²) < 4.78 is 76.9. The van der Waals surface area contributed by atoms with Gasteiger partial charge in [0.15, 0.2) is 0 Å². The SMILES string of the molecule is CC(C)(C)OC(=O)OC1CC2CC1CC2C(=O)OC(C(F)F)C(F)(F)F. The number of carbonyl (C=O) groups excluding carboxylic acids is 2. The molecule has 2 rings (SSSR count). The number of hydrogen-bond acceptors (Lipinski definition) is 5. The topological polar surface area (TPSA) is 61.8 Å². The van der Waals surface area contributed by atoms with Gasteiger partial charge in [0.1, 0.15) is 11.7 Å². The standard InChI is InChI=1S/C16H21F5O5/c1-15(2,3)26-14(23)24-10-6-7-4-8(10)5-9(7)13(22)25-11(12(17)18)16(19,20)21/h7-12H,4-6H2,1-3H3. The van der Waals surface area contributed by atoms with E-state index in [0.717, 1.165) is 0 Å². The molecule has 2 bridgehead atoms. The minimum atomic E-state index is -5.33. The summed E-state index contributed by atoms with van der Waals surface area (Å²) >= 11 is 0. The molecule has 26 heavy (non-hydrogen) atoms. The van der Waals surface area contributed by atoms with E-state index in [1.807, 2.05) is 0 Å². The molecule has 2 aliphatic rings. The van der Waals surface area contributed by atoms with Crippen LogP contribution in [0.25, 0.3) is 0 Å². The molecule has 0 aromatic rings. The summed E-state index contributed by atoms with van der Waals surface area (Å²) in [7, 11) is 0. The van der Waals surface area contributed by atoms with E-state index in [1.54, 1.807) is 20.8 Å². The number of carbonyl (C=O) groups is 2. The zero-order valence-electron chi connectivity index (χ0n) is 14.5. The Morgan fingerprint density at radius 3 is 2.04 bits per heavy atom. The minimum absolute atomic E-state index is 0.130. The molecule has 5 nitrogen and oxygen atoms in total. The second-order valence-corrected chi connectivity index (χ2v) is 7.69. The van der Waals surface area contributed by atoms with Crippen molar-refractivity contribution in [3.05, 3.63) is 0 Å². The van der Waals surface area contributed by atoms with Crippen LogP contribution in [0.4, 0.5) is 26.7 Å². The van der Waals surface area contributed by atoms with Crippen molar-refractivity contribution in [2.45, 2.75) is 70.4 Å². The number of esters is 1. The van der Waals surface area contributed by atoms with Gasteiger partial charge in [0.25, 0.3) is 12.5 Å². The van der Waals surface area contributed by atoms with E-state index in [2.05, 4.69) is 4.74 Å². The summed E-state index contributed by atoms with van der Waals surface area (Å²) in [4.78, 5) is 23.6. The van der Waals surface area contributed by atoms with Crippen LogP contribution in [0.1, 0.15) is 40.0 Å². The molecule has 0 aromatic carbocycles. The van der Waals surface area contributed by atoms with E-state index in [4.69, 9.17) is 9.47 Å². The lowest BCUT2D eigenvalue weighted by Crippen LogP contribution is -2.42. The van der Waals surface area contributed by atoms with Gasteiger partial charge in [-0.25, -0.2) is 13.6 Å². The predicted molar refractivity (Wildman–Crippen MR) is 77.4 cm³/mol.